The molecule has 1 N–H and O–H groups in total. The van der Waals surface area contributed by atoms with E-state index in [1.807, 2.05) is 0 Å². The summed E-state index contributed by atoms with van der Waals surface area (Å²) in [6.45, 7) is 1.91. The normalized spacial score (nSPS) is 11.9. The van der Waals surface area contributed by atoms with Gasteiger partial charge in [0.05, 0.1) is 4.90 Å². The van der Waals surface area contributed by atoms with Crippen LogP contribution in [0.15, 0.2) is 51.8 Å². The number of aromatic nitrogens is 1. The molecule has 0 aliphatic heterocycles. The lowest BCUT2D eigenvalue weighted by Gasteiger charge is -2.07. The summed E-state index contributed by atoms with van der Waals surface area (Å²) in [5, 5.41) is 0.610. The van der Waals surface area contributed by atoms with Crippen LogP contribution in [0.4, 0.5) is 0 Å². The highest BCUT2D eigenvalue weighted by Crippen LogP contribution is 2.20. The summed E-state index contributed by atoms with van der Waals surface area (Å²) in [6.07, 6.45) is 0. The summed E-state index contributed by atoms with van der Waals surface area (Å²) in [6, 6.07) is 11.6. The third-order valence-electron chi connectivity index (χ3n) is 3.16. The van der Waals surface area contributed by atoms with Crippen molar-refractivity contribution < 1.29 is 12.8 Å². The van der Waals surface area contributed by atoms with Gasteiger partial charge in [-0.25, -0.2) is 18.1 Å². The molecule has 1 aromatic heterocycles. The molecular weight excluding hydrogens is 324 g/mol. The van der Waals surface area contributed by atoms with Gasteiger partial charge in [-0.05, 0) is 35.9 Å². The highest BCUT2D eigenvalue weighted by atomic mass is 35.5. The Bertz CT molecular complexity index is 918. The molecule has 0 bridgehead atoms. The predicted molar refractivity (Wildman–Crippen MR) is 84.2 cm³/mol. The van der Waals surface area contributed by atoms with E-state index in [0.717, 1.165) is 5.56 Å². The van der Waals surface area contributed by atoms with Crippen LogP contribution in [-0.2, 0) is 16.6 Å². The van der Waals surface area contributed by atoms with Gasteiger partial charge < -0.3 is 4.42 Å². The first-order valence-electron chi connectivity index (χ1n) is 6.55. The van der Waals surface area contributed by atoms with Crippen LogP contribution in [0, 0.1) is 6.92 Å². The molecule has 0 saturated carbocycles. The molecule has 1 heterocycles. The van der Waals surface area contributed by atoms with E-state index in [-0.39, 0.29) is 11.4 Å². The molecule has 22 heavy (non-hydrogen) atoms. The molecule has 2 aromatic carbocycles. The minimum Gasteiger partial charge on any atom is -0.441 e. The van der Waals surface area contributed by atoms with Crippen LogP contribution in [0.2, 0.25) is 5.02 Å². The van der Waals surface area contributed by atoms with Crippen LogP contribution in [0.1, 0.15) is 11.5 Å². The summed E-state index contributed by atoms with van der Waals surface area (Å²) >= 11 is 5.80. The zero-order chi connectivity index (χ0) is 15.7. The van der Waals surface area contributed by atoms with Crippen LogP contribution in [0.25, 0.3) is 11.1 Å². The Labute approximate surface area is 133 Å². The van der Waals surface area contributed by atoms with E-state index in [1.54, 1.807) is 37.3 Å². The molecule has 0 unspecified atom stereocenters. The van der Waals surface area contributed by atoms with Crippen molar-refractivity contribution in [2.75, 3.05) is 0 Å². The first-order valence-corrected chi connectivity index (χ1v) is 8.41. The standard InChI is InChI=1S/C15H13ClN2O3S/c1-10-18-14-8-13(6-7-15(14)21-10)22(19,20)17-9-11-2-4-12(16)5-3-11/h2-8,17H,9H2,1H3. The zero-order valence-corrected chi connectivity index (χ0v) is 13.3. The Morgan fingerprint density at radius 2 is 1.91 bits per heavy atom. The fraction of sp³-hybridized carbons (Fsp3) is 0.133. The number of sulfonamides is 1. The summed E-state index contributed by atoms with van der Waals surface area (Å²) in [5.74, 6) is 0.499. The van der Waals surface area contributed by atoms with Gasteiger partial charge in [0.2, 0.25) is 10.0 Å². The molecule has 0 amide bonds. The fourth-order valence-electron chi connectivity index (χ4n) is 2.05. The van der Waals surface area contributed by atoms with E-state index < -0.39 is 10.0 Å². The molecule has 0 aliphatic carbocycles. The summed E-state index contributed by atoms with van der Waals surface area (Å²) in [5.41, 5.74) is 1.91. The molecule has 0 spiro atoms. The van der Waals surface area contributed by atoms with E-state index in [2.05, 4.69) is 9.71 Å². The first-order chi connectivity index (χ1) is 10.4. The maximum Gasteiger partial charge on any atom is 0.240 e. The van der Waals surface area contributed by atoms with E-state index in [1.165, 1.54) is 12.1 Å². The number of halogens is 1. The van der Waals surface area contributed by atoms with E-state index >= 15 is 0 Å². The van der Waals surface area contributed by atoms with E-state index in [0.29, 0.717) is 22.0 Å². The first kappa shape index (κ1) is 15.0. The lowest BCUT2D eigenvalue weighted by molar-refractivity contribution is 0.561. The van der Waals surface area contributed by atoms with Crippen molar-refractivity contribution in [3.05, 3.63) is 58.9 Å². The molecule has 3 aromatic rings. The van der Waals surface area contributed by atoms with Crippen LogP contribution < -0.4 is 4.72 Å². The monoisotopic (exact) mass is 336 g/mol. The van der Waals surface area contributed by atoms with Crippen LogP contribution >= 0.6 is 11.6 Å². The SMILES string of the molecule is Cc1nc2cc(S(=O)(=O)NCc3ccc(Cl)cc3)ccc2o1. The van der Waals surface area contributed by atoms with Gasteiger partial charge in [0.15, 0.2) is 11.5 Å². The summed E-state index contributed by atoms with van der Waals surface area (Å²) in [4.78, 5) is 4.30. The molecule has 0 atom stereocenters. The number of nitrogens with zero attached hydrogens (tertiary/aromatic N) is 1. The smallest absolute Gasteiger partial charge is 0.240 e. The maximum absolute atomic E-state index is 12.3. The lowest BCUT2D eigenvalue weighted by atomic mass is 10.2. The second kappa shape index (κ2) is 5.72. The quantitative estimate of drug-likeness (QED) is 0.793. The van der Waals surface area contributed by atoms with Gasteiger partial charge >= 0.3 is 0 Å². The minimum atomic E-state index is -3.62. The van der Waals surface area contributed by atoms with E-state index in [4.69, 9.17) is 16.0 Å². The van der Waals surface area contributed by atoms with Crippen LogP contribution in [-0.4, -0.2) is 13.4 Å². The second-order valence-corrected chi connectivity index (χ2v) is 7.02. The van der Waals surface area contributed by atoms with E-state index in [9.17, 15) is 8.42 Å². The summed E-state index contributed by atoms with van der Waals surface area (Å²) in [7, 11) is -3.62. The molecule has 5 nitrogen and oxygen atoms in total. The van der Waals surface area contributed by atoms with Crippen LogP contribution in [0.5, 0.6) is 0 Å². The van der Waals surface area contributed by atoms with Gasteiger partial charge in [-0.2, -0.15) is 0 Å². The van der Waals surface area contributed by atoms with Crippen molar-refractivity contribution in [3.63, 3.8) is 0 Å². The predicted octanol–water partition coefficient (Wildman–Crippen LogP) is 3.27. The minimum absolute atomic E-state index is 0.155. The van der Waals surface area contributed by atoms with Gasteiger partial charge in [-0.3, -0.25) is 0 Å². The Morgan fingerprint density at radius 1 is 1.18 bits per heavy atom. The fourth-order valence-corrected chi connectivity index (χ4v) is 3.22. The molecule has 0 aliphatic rings. The number of benzene rings is 2. The second-order valence-electron chi connectivity index (χ2n) is 4.81. The Morgan fingerprint density at radius 3 is 2.64 bits per heavy atom. The zero-order valence-electron chi connectivity index (χ0n) is 11.7. The Kier molecular flexibility index (Phi) is 3.90. The van der Waals surface area contributed by atoms with Crippen molar-refractivity contribution in [2.45, 2.75) is 18.4 Å². The number of fused-ring (bicyclic) bond motifs is 1. The Hall–Kier alpha value is -1.89. The van der Waals surface area contributed by atoms with Gasteiger partial charge in [0.1, 0.15) is 5.52 Å². The van der Waals surface area contributed by atoms with Crippen molar-refractivity contribution in [1.29, 1.82) is 0 Å². The Balaban J connectivity index is 1.82. The highest BCUT2D eigenvalue weighted by molar-refractivity contribution is 7.89. The van der Waals surface area contributed by atoms with Crippen molar-refractivity contribution in [2.24, 2.45) is 0 Å². The van der Waals surface area contributed by atoms with Crippen molar-refractivity contribution in [1.82, 2.24) is 9.71 Å². The number of rotatable bonds is 4. The molecule has 114 valence electrons. The lowest BCUT2D eigenvalue weighted by Crippen LogP contribution is -2.23. The number of nitrogens with one attached hydrogen (secondary N) is 1. The topological polar surface area (TPSA) is 72.2 Å². The van der Waals surface area contributed by atoms with Gasteiger partial charge in [-0.1, -0.05) is 23.7 Å². The highest BCUT2D eigenvalue weighted by Gasteiger charge is 2.15. The summed E-state index contributed by atoms with van der Waals surface area (Å²) < 4.78 is 32.5. The molecule has 3 rings (SSSR count). The number of hydrogen-bond acceptors (Lipinski definition) is 4. The third kappa shape index (κ3) is 3.14. The van der Waals surface area contributed by atoms with Gasteiger partial charge in [0, 0.05) is 18.5 Å². The van der Waals surface area contributed by atoms with Crippen molar-refractivity contribution in [3.8, 4) is 0 Å². The molecule has 0 fully saturated rings. The maximum atomic E-state index is 12.3. The molecule has 0 saturated heterocycles. The van der Waals surface area contributed by atoms with Gasteiger partial charge in [-0.15, -0.1) is 0 Å². The number of aryl methyl sites for hydroxylation is 1. The largest absolute Gasteiger partial charge is 0.441 e. The number of oxazole rings is 1. The van der Waals surface area contributed by atoms with Gasteiger partial charge in [0.25, 0.3) is 0 Å². The number of hydrogen-bond donors (Lipinski definition) is 1. The molecule has 0 radical (unpaired) electrons. The average Bonchev–Trinajstić information content (AvgIpc) is 2.86. The average molecular weight is 337 g/mol. The van der Waals surface area contributed by atoms with Crippen molar-refractivity contribution >= 4 is 32.7 Å². The molecule has 7 heteroatoms. The van der Waals surface area contributed by atoms with Crippen LogP contribution in [0.3, 0.4) is 0 Å². The third-order valence-corrected chi connectivity index (χ3v) is 4.81. The molecular formula is C15H13ClN2O3S.